The van der Waals surface area contributed by atoms with Gasteiger partial charge in [0.05, 0.1) is 19.8 Å². The lowest BCUT2D eigenvalue weighted by Crippen LogP contribution is -2.30. The highest BCUT2D eigenvalue weighted by atomic mass is 32.2. The first-order valence-corrected chi connectivity index (χ1v) is 16.6. The van der Waals surface area contributed by atoms with E-state index in [2.05, 4.69) is 16.0 Å². The lowest BCUT2D eigenvalue weighted by molar-refractivity contribution is -0.116. The largest absolute Gasteiger partial charge is 0.497 e. The first-order valence-electron chi connectivity index (χ1n) is 15.7. The van der Waals surface area contributed by atoms with E-state index in [-0.39, 0.29) is 17.2 Å². The molecule has 11 heteroatoms. The molecule has 0 spiro atoms. The van der Waals surface area contributed by atoms with Crippen LogP contribution in [0.15, 0.2) is 132 Å². The van der Waals surface area contributed by atoms with Gasteiger partial charge in [-0.05, 0) is 84.8 Å². The van der Waals surface area contributed by atoms with Gasteiger partial charge in [0, 0.05) is 33.5 Å². The molecule has 10 nitrogen and oxygen atoms in total. The summed E-state index contributed by atoms with van der Waals surface area (Å²) in [6.45, 7) is 1.79. The molecule has 1 atom stereocenters. The second-order valence-corrected chi connectivity index (χ2v) is 12.4. The Labute approximate surface area is 299 Å². The monoisotopic (exact) mass is 701 g/mol. The summed E-state index contributed by atoms with van der Waals surface area (Å²) in [5.41, 5.74) is 3.31. The summed E-state index contributed by atoms with van der Waals surface area (Å²) in [5, 5.41) is 17.2. The van der Waals surface area contributed by atoms with E-state index < -0.39 is 23.0 Å². The third-order valence-electron chi connectivity index (χ3n) is 7.72. The maximum absolute atomic E-state index is 13.7. The molecule has 0 radical (unpaired) electrons. The Bertz CT molecular complexity index is 2070. The van der Waals surface area contributed by atoms with Gasteiger partial charge in [-0.15, -0.1) is 11.8 Å². The third-order valence-corrected chi connectivity index (χ3v) is 8.98. The maximum Gasteiger partial charge on any atom is 0.335 e. The van der Waals surface area contributed by atoms with Crippen LogP contribution in [0.4, 0.5) is 11.4 Å². The van der Waals surface area contributed by atoms with E-state index >= 15 is 0 Å². The average Bonchev–Trinajstić information content (AvgIpc) is 3.15. The molecule has 4 N–H and O–H groups in total. The van der Waals surface area contributed by atoms with Crippen molar-refractivity contribution in [1.82, 2.24) is 5.32 Å². The summed E-state index contributed by atoms with van der Waals surface area (Å²) < 4.78 is 10.8. The van der Waals surface area contributed by atoms with E-state index in [0.29, 0.717) is 34.0 Å². The van der Waals surface area contributed by atoms with Gasteiger partial charge in [-0.2, -0.15) is 0 Å². The van der Waals surface area contributed by atoms with Crippen molar-refractivity contribution in [3.8, 4) is 11.5 Å². The number of aryl methyl sites for hydroxylation is 1. The van der Waals surface area contributed by atoms with Crippen molar-refractivity contribution in [2.24, 2.45) is 0 Å². The fourth-order valence-corrected chi connectivity index (χ4v) is 6.00. The standard InChI is InChI=1S/C40H35N3O7S/c1-25-14-15-29(40(47)48)23-33(25)42-39(46)36(26-10-6-4-7-11-26)51-32-20-17-30(18-21-32)41-38(45)34(43-37(44)27-12-8-5-9-13-27)22-28-16-19-31(49-2)24-35(28)50-3/h4-24,36H,1-3H3,(H,41,45)(H,42,46)(H,43,44)(H,47,48)/b34-22-. The molecule has 0 aliphatic carbocycles. The topological polar surface area (TPSA) is 143 Å². The fourth-order valence-electron chi connectivity index (χ4n) is 4.98. The highest BCUT2D eigenvalue weighted by Gasteiger charge is 2.23. The number of anilines is 2. The van der Waals surface area contributed by atoms with Gasteiger partial charge in [-0.1, -0.05) is 54.6 Å². The Morgan fingerprint density at radius 1 is 0.745 bits per heavy atom. The molecule has 51 heavy (non-hydrogen) atoms. The molecule has 0 saturated carbocycles. The van der Waals surface area contributed by atoms with E-state index in [4.69, 9.17) is 9.47 Å². The van der Waals surface area contributed by atoms with Crippen molar-refractivity contribution >= 4 is 52.9 Å². The number of hydrogen-bond donors (Lipinski definition) is 4. The molecule has 1 unspecified atom stereocenters. The number of nitrogens with one attached hydrogen (secondary N) is 3. The zero-order valence-corrected chi connectivity index (χ0v) is 28.8. The van der Waals surface area contributed by atoms with Gasteiger partial charge in [-0.3, -0.25) is 14.4 Å². The van der Waals surface area contributed by atoms with Gasteiger partial charge in [0.15, 0.2) is 0 Å². The maximum atomic E-state index is 13.7. The van der Waals surface area contributed by atoms with Crippen molar-refractivity contribution < 1.29 is 33.8 Å². The molecular weight excluding hydrogens is 667 g/mol. The van der Waals surface area contributed by atoms with Gasteiger partial charge in [0.1, 0.15) is 22.4 Å². The van der Waals surface area contributed by atoms with Gasteiger partial charge in [0.2, 0.25) is 5.91 Å². The van der Waals surface area contributed by atoms with E-state index in [1.54, 1.807) is 85.8 Å². The van der Waals surface area contributed by atoms with Crippen LogP contribution in [0, 0.1) is 6.92 Å². The van der Waals surface area contributed by atoms with E-state index in [1.165, 1.54) is 44.2 Å². The molecule has 0 aliphatic rings. The molecule has 0 heterocycles. The van der Waals surface area contributed by atoms with Crippen LogP contribution in [0.25, 0.3) is 6.08 Å². The third kappa shape index (κ3) is 9.43. The first kappa shape index (κ1) is 36.0. The Morgan fingerprint density at radius 2 is 1.43 bits per heavy atom. The fraction of sp³-hybridized carbons (Fsp3) is 0.100. The highest BCUT2D eigenvalue weighted by molar-refractivity contribution is 8.00. The second-order valence-electron chi connectivity index (χ2n) is 11.2. The van der Waals surface area contributed by atoms with Crippen LogP contribution in [-0.2, 0) is 9.59 Å². The first-order chi connectivity index (χ1) is 24.6. The Morgan fingerprint density at radius 3 is 2.08 bits per heavy atom. The number of benzene rings is 5. The summed E-state index contributed by atoms with van der Waals surface area (Å²) in [6.07, 6.45) is 1.52. The van der Waals surface area contributed by atoms with Crippen LogP contribution in [0.1, 0.15) is 42.7 Å². The number of hydrogen-bond acceptors (Lipinski definition) is 7. The van der Waals surface area contributed by atoms with Crippen LogP contribution in [-0.4, -0.2) is 43.0 Å². The molecule has 0 aromatic heterocycles. The minimum Gasteiger partial charge on any atom is -0.497 e. The molecule has 0 bridgehead atoms. The Kier molecular flexibility index (Phi) is 11.9. The smallest absolute Gasteiger partial charge is 0.335 e. The molecule has 0 aliphatic heterocycles. The van der Waals surface area contributed by atoms with Crippen molar-refractivity contribution in [3.63, 3.8) is 0 Å². The average molecular weight is 702 g/mol. The van der Waals surface area contributed by atoms with Gasteiger partial charge < -0.3 is 30.5 Å². The SMILES string of the molecule is COc1ccc(/C=C(\NC(=O)c2ccccc2)C(=O)Nc2ccc(SC(C(=O)Nc3cc(C(=O)O)ccc3C)c3ccccc3)cc2)c(OC)c1. The Hall–Kier alpha value is -6.33. The molecule has 5 aromatic rings. The van der Waals surface area contributed by atoms with Crippen molar-refractivity contribution in [2.75, 3.05) is 24.9 Å². The predicted octanol–water partition coefficient (Wildman–Crippen LogP) is 7.59. The van der Waals surface area contributed by atoms with Crippen molar-refractivity contribution in [3.05, 3.63) is 155 Å². The minimum absolute atomic E-state index is 0.0196. The summed E-state index contributed by atoms with van der Waals surface area (Å²) in [6, 6.07) is 34.4. The second kappa shape index (κ2) is 16.9. The molecule has 258 valence electrons. The minimum atomic E-state index is -1.09. The number of carbonyl (C=O) groups excluding carboxylic acids is 3. The Balaban J connectivity index is 1.37. The molecule has 0 saturated heterocycles. The number of carboxylic acids is 1. The number of ether oxygens (including phenoxy) is 2. The van der Waals surface area contributed by atoms with Crippen LogP contribution in [0.2, 0.25) is 0 Å². The van der Waals surface area contributed by atoms with Gasteiger partial charge in [0.25, 0.3) is 11.8 Å². The molecular formula is C40H35N3O7S. The van der Waals surface area contributed by atoms with Crippen LogP contribution >= 0.6 is 11.8 Å². The zero-order valence-electron chi connectivity index (χ0n) is 28.0. The van der Waals surface area contributed by atoms with Crippen LogP contribution in [0.3, 0.4) is 0 Å². The number of amides is 3. The molecule has 0 fully saturated rings. The summed E-state index contributed by atoms with van der Waals surface area (Å²) >= 11 is 1.30. The summed E-state index contributed by atoms with van der Waals surface area (Å²) in [4.78, 5) is 52.7. The quantitative estimate of drug-likeness (QED) is 0.0727. The summed E-state index contributed by atoms with van der Waals surface area (Å²) in [5.74, 6) is -1.45. The van der Waals surface area contributed by atoms with E-state index in [0.717, 1.165) is 16.0 Å². The van der Waals surface area contributed by atoms with Crippen LogP contribution in [0.5, 0.6) is 11.5 Å². The number of carbonyl (C=O) groups is 4. The zero-order chi connectivity index (χ0) is 36.3. The van der Waals surface area contributed by atoms with Crippen molar-refractivity contribution in [1.29, 1.82) is 0 Å². The number of carboxylic acid groups (broad SMARTS) is 1. The van der Waals surface area contributed by atoms with E-state index in [9.17, 15) is 24.3 Å². The number of aromatic carboxylic acids is 1. The summed E-state index contributed by atoms with van der Waals surface area (Å²) in [7, 11) is 3.03. The van der Waals surface area contributed by atoms with Crippen molar-refractivity contribution in [2.45, 2.75) is 17.1 Å². The van der Waals surface area contributed by atoms with Gasteiger partial charge >= 0.3 is 5.97 Å². The molecule has 3 amide bonds. The lowest BCUT2D eigenvalue weighted by Gasteiger charge is -2.18. The predicted molar refractivity (Wildman–Crippen MR) is 198 cm³/mol. The lowest BCUT2D eigenvalue weighted by atomic mass is 10.1. The molecule has 5 rings (SSSR count). The normalized spacial score (nSPS) is 11.5. The van der Waals surface area contributed by atoms with E-state index in [1.807, 2.05) is 30.3 Å². The van der Waals surface area contributed by atoms with Gasteiger partial charge in [-0.25, -0.2) is 4.79 Å². The highest BCUT2D eigenvalue weighted by Crippen LogP contribution is 2.37. The van der Waals surface area contributed by atoms with Crippen LogP contribution < -0.4 is 25.4 Å². The number of rotatable bonds is 13. The molecule has 5 aromatic carbocycles. The number of thioether (sulfide) groups is 1. The number of methoxy groups -OCH3 is 2.